The lowest BCUT2D eigenvalue weighted by molar-refractivity contribution is -0.118. The second kappa shape index (κ2) is 10.5. The molecule has 0 aliphatic carbocycles. The summed E-state index contributed by atoms with van der Waals surface area (Å²) in [6.45, 7) is 7.98. The van der Waals surface area contributed by atoms with Crippen molar-refractivity contribution in [3.8, 4) is 5.75 Å². The summed E-state index contributed by atoms with van der Waals surface area (Å²) < 4.78 is 29.9. The number of nitrogens with one attached hydrogen (secondary N) is 2. The molecular formula is C22H26ClF2N3O3. The topological polar surface area (TPSA) is 80.3 Å². The van der Waals surface area contributed by atoms with Crippen molar-refractivity contribution in [1.29, 1.82) is 0 Å². The number of hydrogen-bond donors (Lipinski definition) is 2. The van der Waals surface area contributed by atoms with Gasteiger partial charge in [0.05, 0.1) is 11.1 Å². The summed E-state index contributed by atoms with van der Waals surface area (Å²) in [5.41, 5.74) is 2.21. The van der Waals surface area contributed by atoms with Crippen molar-refractivity contribution in [2.24, 2.45) is 5.92 Å². The van der Waals surface area contributed by atoms with E-state index < -0.39 is 19.1 Å². The fourth-order valence-corrected chi connectivity index (χ4v) is 3.16. The highest BCUT2D eigenvalue weighted by Gasteiger charge is 2.18. The van der Waals surface area contributed by atoms with E-state index in [1.807, 2.05) is 0 Å². The van der Waals surface area contributed by atoms with Crippen LogP contribution >= 0.6 is 11.6 Å². The van der Waals surface area contributed by atoms with E-state index in [9.17, 15) is 18.4 Å². The van der Waals surface area contributed by atoms with Crippen LogP contribution in [-0.4, -0.2) is 29.8 Å². The van der Waals surface area contributed by atoms with Crippen molar-refractivity contribution in [1.82, 2.24) is 10.3 Å². The van der Waals surface area contributed by atoms with Crippen LogP contribution in [0.1, 0.15) is 54.0 Å². The van der Waals surface area contributed by atoms with Gasteiger partial charge in [-0.15, -0.1) is 0 Å². The van der Waals surface area contributed by atoms with Crippen molar-refractivity contribution < 1.29 is 23.1 Å². The first-order chi connectivity index (χ1) is 14.5. The lowest BCUT2D eigenvalue weighted by Gasteiger charge is -2.18. The van der Waals surface area contributed by atoms with Gasteiger partial charge < -0.3 is 15.4 Å². The van der Waals surface area contributed by atoms with Crippen molar-refractivity contribution in [3.05, 3.63) is 51.7 Å². The van der Waals surface area contributed by atoms with Crippen LogP contribution in [0, 0.1) is 19.8 Å². The first-order valence-corrected chi connectivity index (χ1v) is 10.2. The molecular weight excluding hydrogens is 428 g/mol. The highest BCUT2D eigenvalue weighted by molar-refractivity contribution is 6.32. The quantitative estimate of drug-likeness (QED) is 0.584. The van der Waals surface area contributed by atoms with Crippen LogP contribution in [0.3, 0.4) is 0 Å². The van der Waals surface area contributed by atoms with Crippen LogP contribution in [0.5, 0.6) is 5.75 Å². The molecule has 2 aromatic rings. The molecule has 1 aromatic heterocycles. The fourth-order valence-electron chi connectivity index (χ4n) is 2.83. The Morgan fingerprint density at radius 2 is 1.81 bits per heavy atom. The zero-order valence-electron chi connectivity index (χ0n) is 18.1. The maximum Gasteiger partial charge on any atom is 0.272 e. The molecule has 2 rings (SSSR count). The van der Waals surface area contributed by atoms with Gasteiger partial charge >= 0.3 is 0 Å². The Morgan fingerprint density at radius 3 is 2.39 bits per heavy atom. The van der Waals surface area contributed by atoms with Gasteiger partial charge in [0.15, 0.2) is 0 Å². The third kappa shape index (κ3) is 6.89. The maximum atomic E-state index is 12.8. The van der Waals surface area contributed by atoms with Gasteiger partial charge in [0.25, 0.3) is 12.3 Å². The Kier molecular flexibility index (Phi) is 8.33. The average Bonchev–Trinajstić information content (AvgIpc) is 2.66. The van der Waals surface area contributed by atoms with Gasteiger partial charge in [-0.25, -0.2) is 13.8 Å². The van der Waals surface area contributed by atoms with E-state index in [1.54, 1.807) is 52.8 Å². The molecule has 0 bridgehead atoms. The van der Waals surface area contributed by atoms with Crippen molar-refractivity contribution in [2.45, 2.75) is 47.1 Å². The molecule has 1 unspecified atom stereocenters. The number of rotatable bonds is 8. The molecule has 1 atom stereocenters. The minimum atomic E-state index is -2.60. The Hall–Kier alpha value is -2.74. The summed E-state index contributed by atoms with van der Waals surface area (Å²) in [5, 5.41) is 5.75. The van der Waals surface area contributed by atoms with E-state index in [1.165, 1.54) is 6.07 Å². The predicted octanol–water partition coefficient (Wildman–Crippen LogP) is 5.08. The smallest absolute Gasteiger partial charge is 0.272 e. The van der Waals surface area contributed by atoms with Gasteiger partial charge in [0.1, 0.15) is 18.2 Å². The number of halogens is 3. The van der Waals surface area contributed by atoms with E-state index in [0.29, 0.717) is 28.2 Å². The number of alkyl halides is 2. The monoisotopic (exact) mass is 453 g/mol. The Morgan fingerprint density at radius 1 is 1.13 bits per heavy atom. The van der Waals surface area contributed by atoms with Crippen LogP contribution in [0.2, 0.25) is 5.02 Å². The Labute approximate surface area is 185 Å². The number of amides is 2. The van der Waals surface area contributed by atoms with E-state index in [4.69, 9.17) is 16.3 Å². The van der Waals surface area contributed by atoms with Crippen molar-refractivity contribution in [2.75, 3.05) is 11.9 Å². The number of benzene rings is 1. The zero-order valence-corrected chi connectivity index (χ0v) is 18.8. The van der Waals surface area contributed by atoms with E-state index in [-0.39, 0.29) is 28.5 Å². The summed E-state index contributed by atoms with van der Waals surface area (Å²) in [4.78, 5) is 28.9. The van der Waals surface area contributed by atoms with Crippen LogP contribution in [0.15, 0.2) is 24.3 Å². The second-order valence-electron chi connectivity index (χ2n) is 7.57. The number of pyridine rings is 1. The molecule has 31 heavy (non-hydrogen) atoms. The van der Waals surface area contributed by atoms with Crippen LogP contribution in [0.4, 0.5) is 14.6 Å². The Bertz CT molecular complexity index is 944. The molecule has 9 heteroatoms. The van der Waals surface area contributed by atoms with Crippen molar-refractivity contribution in [3.63, 3.8) is 0 Å². The summed E-state index contributed by atoms with van der Waals surface area (Å²) in [5.74, 6) is -0.280. The van der Waals surface area contributed by atoms with Gasteiger partial charge in [-0.2, -0.15) is 0 Å². The maximum absolute atomic E-state index is 12.8. The number of carbonyl (C=O) groups is 2. The lowest BCUT2D eigenvalue weighted by Crippen LogP contribution is -2.27. The van der Waals surface area contributed by atoms with Gasteiger partial charge in [-0.05, 0) is 50.1 Å². The molecule has 1 aromatic carbocycles. The molecule has 0 aliphatic rings. The lowest BCUT2D eigenvalue weighted by atomic mass is 10.0. The first kappa shape index (κ1) is 24.5. The summed E-state index contributed by atoms with van der Waals surface area (Å²) >= 11 is 6.20. The molecule has 0 spiro atoms. The number of carbonyl (C=O) groups excluding carboxylic acids is 2. The standard InChI is InChI=1S/C22H26ClF2N3O3/c1-11(2)21(29)28-19-9-16(7-13(4)26-19)22(30)27-14(5)15-6-12(3)20(17(23)8-15)31-10-18(24)25/h6-9,11,14,18H,10H2,1-5H3,(H,27,30)(H,26,28,29). The highest BCUT2D eigenvalue weighted by Crippen LogP contribution is 2.32. The molecule has 0 saturated carbocycles. The van der Waals surface area contributed by atoms with Gasteiger partial charge in [-0.3, -0.25) is 9.59 Å². The van der Waals surface area contributed by atoms with Crippen molar-refractivity contribution >= 4 is 29.2 Å². The van der Waals surface area contributed by atoms with Crippen LogP contribution in [-0.2, 0) is 4.79 Å². The molecule has 168 valence electrons. The molecule has 6 nitrogen and oxygen atoms in total. The Balaban J connectivity index is 2.17. The predicted molar refractivity (Wildman–Crippen MR) is 116 cm³/mol. The minimum Gasteiger partial charge on any atom is -0.486 e. The van der Waals surface area contributed by atoms with E-state index in [2.05, 4.69) is 15.6 Å². The number of ether oxygens (including phenoxy) is 1. The van der Waals surface area contributed by atoms with E-state index >= 15 is 0 Å². The van der Waals surface area contributed by atoms with Gasteiger partial charge in [0, 0.05) is 17.2 Å². The molecule has 0 aliphatic heterocycles. The minimum absolute atomic E-state index is 0.190. The van der Waals surface area contributed by atoms with Crippen LogP contribution in [0.25, 0.3) is 0 Å². The molecule has 2 N–H and O–H groups in total. The summed E-state index contributed by atoms with van der Waals surface area (Å²) in [7, 11) is 0. The van der Waals surface area contributed by atoms with E-state index in [0.717, 1.165) is 0 Å². The first-order valence-electron chi connectivity index (χ1n) is 9.79. The number of nitrogens with zero attached hydrogens (tertiary/aromatic N) is 1. The number of anilines is 1. The molecule has 1 heterocycles. The highest BCUT2D eigenvalue weighted by atomic mass is 35.5. The van der Waals surface area contributed by atoms with Gasteiger partial charge in [0.2, 0.25) is 5.91 Å². The van der Waals surface area contributed by atoms with Crippen LogP contribution < -0.4 is 15.4 Å². The average molecular weight is 454 g/mol. The number of hydrogen-bond acceptors (Lipinski definition) is 4. The second-order valence-corrected chi connectivity index (χ2v) is 7.98. The zero-order chi connectivity index (χ0) is 23.3. The SMILES string of the molecule is Cc1cc(C(=O)NC(C)c2cc(C)c(OCC(F)F)c(Cl)c2)cc(NC(=O)C(C)C)n1. The largest absolute Gasteiger partial charge is 0.486 e. The third-order valence-corrected chi connectivity index (χ3v) is 4.72. The number of aromatic nitrogens is 1. The molecule has 2 amide bonds. The molecule has 0 saturated heterocycles. The number of aryl methyl sites for hydroxylation is 2. The molecule has 0 fully saturated rings. The van der Waals surface area contributed by atoms with Gasteiger partial charge in [-0.1, -0.05) is 31.5 Å². The molecule has 0 radical (unpaired) electrons. The third-order valence-electron chi connectivity index (χ3n) is 4.44. The fraction of sp³-hybridized carbons (Fsp3) is 0.409. The summed E-state index contributed by atoms with van der Waals surface area (Å²) in [6, 6.07) is 6.01. The summed E-state index contributed by atoms with van der Waals surface area (Å²) in [6.07, 6.45) is -2.60. The normalized spacial score (nSPS) is 12.1.